The van der Waals surface area contributed by atoms with E-state index in [1.807, 2.05) is 0 Å². The molecule has 0 saturated heterocycles. The molecule has 0 aliphatic rings. The van der Waals surface area contributed by atoms with E-state index in [0.29, 0.717) is 19.3 Å². The normalized spacial score (nSPS) is 13.0. The highest BCUT2D eigenvalue weighted by Gasteiger charge is 2.19. The zero-order chi connectivity index (χ0) is 55.0. The highest BCUT2D eigenvalue weighted by atomic mass is 16.6. The number of unbranched alkanes of at least 4 members (excludes halogenated alkanes) is 22. The van der Waals surface area contributed by atoms with Gasteiger partial charge in [0.25, 0.3) is 0 Å². The number of carbonyl (C=O) groups is 3. The lowest BCUT2D eigenvalue weighted by Gasteiger charge is -2.18. The lowest BCUT2D eigenvalue weighted by Crippen LogP contribution is -2.30. The minimum atomic E-state index is -0.801. The molecule has 76 heavy (non-hydrogen) atoms. The fourth-order valence-electron chi connectivity index (χ4n) is 8.25. The fourth-order valence-corrected chi connectivity index (χ4v) is 8.25. The Morgan fingerprint density at radius 3 is 0.816 bits per heavy atom. The molecule has 0 radical (unpaired) electrons. The van der Waals surface area contributed by atoms with E-state index in [9.17, 15) is 14.4 Å². The van der Waals surface area contributed by atoms with Crippen molar-refractivity contribution < 1.29 is 28.6 Å². The monoisotopic (exact) mass is 1050 g/mol. The van der Waals surface area contributed by atoms with Crippen LogP contribution in [0.4, 0.5) is 0 Å². The van der Waals surface area contributed by atoms with Crippen LogP contribution in [0.1, 0.15) is 271 Å². The minimum Gasteiger partial charge on any atom is -0.462 e. The first kappa shape index (κ1) is 71.5. The van der Waals surface area contributed by atoms with E-state index in [1.165, 1.54) is 70.6 Å². The van der Waals surface area contributed by atoms with Gasteiger partial charge in [0.2, 0.25) is 0 Å². The van der Waals surface area contributed by atoms with Crippen LogP contribution < -0.4 is 0 Å². The maximum Gasteiger partial charge on any atom is 0.306 e. The van der Waals surface area contributed by atoms with Crippen molar-refractivity contribution >= 4 is 17.9 Å². The summed E-state index contributed by atoms with van der Waals surface area (Å²) in [5, 5.41) is 0. The molecule has 0 N–H and O–H groups in total. The van der Waals surface area contributed by atoms with Gasteiger partial charge in [-0.25, -0.2) is 0 Å². The van der Waals surface area contributed by atoms with Crippen LogP contribution in [-0.4, -0.2) is 37.2 Å². The summed E-state index contributed by atoms with van der Waals surface area (Å²) in [5.41, 5.74) is 0. The second-order valence-corrected chi connectivity index (χ2v) is 20.2. The molecule has 1 unspecified atom stereocenters. The third-order valence-electron chi connectivity index (χ3n) is 12.9. The molecule has 0 aliphatic heterocycles. The number of carbonyl (C=O) groups excluding carboxylic acids is 3. The molecule has 6 heteroatoms. The molecule has 0 aliphatic carbocycles. The summed E-state index contributed by atoms with van der Waals surface area (Å²) in [4.78, 5) is 38.3. The molecule has 0 bridgehead atoms. The SMILES string of the molecule is CC/C=C\C/C=C\C/C=C\C/C=C\C/C=C\C/C=C\C/C=C\CCCCCCCC(=O)OCC(COC(=O)CCCCCCC/C=C\CCCCCCC)OC(=O)CCCCCCCCC/C=C\C/C=C\C/C=C\CC. The van der Waals surface area contributed by atoms with Gasteiger partial charge >= 0.3 is 17.9 Å². The quantitative estimate of drug-likeness (QED) is 0.0261. The first-order valence-electron chi connectivity index (χ1n) is 31.2. The number of esters is 3. The van der Waals surface area contributed by atoms with E-state index >= 15 is 0 Å². The Morgan fingerprint density at radius 1 is 0.276 bits per heavy atom. The second kappa shape index (κ2) is 63.1. The van der Waals surface area contributed by atoms with Gasteiger partial charge in [-0.1, -0.05) is 251 Å². The van der Waals surface area contributed by atoms with Gasteiger partial charge in [-0.3, -0.25) is 14.4 Å². The van der Waals surface area contributed by atoms with E-state index in [4.69, 9.17) is 14.2 Å². The average Bonchev–Trinajstić information content (AvgIpc) is 3.42. The van der Waals surface area contributed by atoms with E-state index in [2.05, 4.69) is 154 Å². The molecule has 0 aromatic rings. The van der Waals surface area contributed by atoms with Crippen molar-refractivity contribution in [2.45, 2.75) is 277 Å². The number of allylic oxidation sites excluding steroid dienone is 22. The number of hydrogen-bond acceptors (Lipinski definition) is 6. The average molecular weight is 1050 g/mol. The topological polar surface area (TPSA) is 78.9 Å². The van der Waals surface area contributed by atoms with Crippen molar-refractivity contribution in [3.05, 3.63) is 134 Å². The van der Waals surface area contributed by atoms with Crippen LogP contribution in [0.3, 0.4) is 0 Å². The number of rotatable bonds is 55. The zero-order valence-corrected chi connectivity index (χ0v) is 49.2. The molecule has 0 heterocycles. The summed E-state index contributed by atoms with van der Waals surface area (Å²) >= 11 is 0. The summed E-state index contributed by atoms with van der Waals surface area (Å²) in [7, 11) is 0. The van der Waals surface area contributed by atoms with Gasteiger partial charge in [-0.2, -0.15) is 0 Å². The van der Waals surface area contributed by atoms with Crippen LogP contribution in [0.15, 0.2) is 134 Å². The van der Waals surface area contributed by atoms with Crippen molar-refractivity contribution in [1.82, 2.24) is 0 Å². The lowest BCUT2D eigenvalue weighted by molar-refractivity contribution is -0.167. The van der Waals surface area contributed by atoms with Crippen molar-refractivity contribution in [2.75, 3.05) is 13.2 Å². The zero-order valence-electron chi connectivity index (χ0n) is 49.2. The van der Waals surface area contributed by atoms with E-state index in [1.54, 1.807) is 0 Å². The van der Waals surface area contributed by atoms with E-state index in [-0.39, 0.29) is 31.1 Å². The largest absolute Gasteiger partial charge is 0.462 e. The smallest absolute Gasteiger partial charge is 0.306 e. The predicted molar refractivity (Wildman–Crippen MR) is 329 cm³/mol. The highest BCUT2D eigenvalue weighted by molar-refractivity contribution is 5.71. The summed E-state index contributed by atoms with van der Waals surface area (Å²) in [6, 6.07) is 0. The van der Waals surface area contributed by atoms with Gasteiger partial charge in [-0.05, 0) is 135 Å². The first-order valence-corrected chi connectivity index (χ1v) is 31.2. The molecule has 0 rings (SSSR count). The molecule has 0 fully saturated rings. The summed E-state index contributed by atoms with van der Waals surface area (Å²) in [5.74, 6) is -0.933. The van der Waals surface area contributed by atoms with Gasteiger partial charge in [0.15, 0.2) is 6.10 Å². The Labute approximate surface area is 468 Å². The molecule has 1 atom stereocenters. The van der Waals surface area contributed by atoms with Crippen LogP contribution >= 0.6 is 0 Å². The Kier molecular flexibility index (Phi) is 59.4. The van der Waals surface area contributed by atoms with Crippen molar-refractivity contribution in [2.24, 2.45) is 0 Å². The van der Waals surface area contributed by atoms with Gasteiger partial charge < -0.3 is 14.2 Å². The van der Waals surface area contributed by atoms with Crippen LogP contribution in [0.5, 0.6) is 0 Å². The Hall–Kier alpha value is -4.45. The molecule has 0 amide bonds. The third-order valence-corrected chi connectivity index (χ3v) is 12.9. The molecule has 0 aromatic carbocycles. The summed E-state index contributed by atoms with van der Waals surface area (Å²) in [6.45, 7) is 6.38. The highest BCUT2D eigenvalue weighted by Crippen LogP contribution is 2.14. The first-order chi connectivity index (χ1) is 37.5. The molecule has 430 valence electrons. The fraction of sp³-hybridized carbons (Fsp3) is 0.643. The van der Waals surface area contributed by atoms with Crippen molar-refractivity contribution in [3.8, 4) is 0 Å². The molecular weight excluding hydrogens is 937 g/mol. The maximum atomic E-state index is 12.9. The van der Waals surface area contributed by atoms with Crippen molar-refractivity contribution in [3.63, 3.8) is 0 Å². The van der Waals surface area contributed by atoms with E-state index in [0.717, 1.165) is 161 Å². The number of ether oxygens (including phenoxy) is 3. The van der Waals surface area contributed by atoms with Crippen LogP contribution in [-0.2, 0) is 28.6 Å². The lowest BCUT2D eigenvalue weighted by atomic mass is 10.1. The van der Waals surface area contributed by atoms with Crippen LogP contribution in [0.2, 0.25) is 0 Å². The van der Waals surface area contributed by atoms with Gasteiger partial charge in [0.1, 0.15) is 13.2 Å². The van der Waals surface area contributed by atoms with Gasteiger partial charge in [0.05, 0.1) is 0 Å². The Morgan fingerprint density at radius 2 is 0.513 bits per heavy atom. The maximum absolute atomic E-state index is 12.9. The minimum absolute atomic E-state index is 0.0961. The third kappa shape index (κ3) is 60.4. The van der Waals surface area contributed by atoms with Gasteiger partial charge in [0, 0.05) is 19.3 Å². The Balaban J connectivity index is 4.42. The van der Waals surface area contributed by atoms with E-state index < -0.39 is 6.10 Å². The second-order valence-electron chi connectivity index (χ2n) is 20.2. The Bertz CT molecular complexity index is 1630. The molecule has 0 saturated carbocycles. The predicted octanol–water partition coefficient (Wildman–Crippen LogP) is 21.4. The van der Waals surface area contributed by atoms with Crippen LogP contribution in [0.25, 0.3) is 0 Å². The number of hydrogen-bond donors (Lipinski definition) is 0. The van der Waals surface area contributed by atoms with Crippen molar-refractivity contribution in [1.29, 1.82) is 0 Å². The summed E-state index contributed by atoms with van der Waals surface area (Å²) in [6.07, 6.45) is 88.7. The summed E-state index contributed by atoms with van der Waals surface area (Å²) < 4.78 is 16.9. The van der Waals surface area contributed by atoms with Crippen LogP contribution in [0, 0.1) is 0 Å². The van der Waals surface area contributed by atoms with Gasteiger partial charge in [-0.15, -0.1) is 0 Å². The molecule has 0 spiro atoms. The standard InChI is InChI=1S/C70H114O6/c1-4-7-10-13-16-19-22-25-28-30-31-32-33-34-35-36-37-38-39-41-42-45-48-51-54-57-60-63-69(72)75-66-67(65-74-68(71)62-59-56-53-50-47-44-27-24-21-18-15-12-9-6-3)76-70(73)64-61-58-55-52-49-46-43-40-29-26-23-20-17-14-11-8-5-2/h7-8,10-11,16-17,19-20,24-29,31-32,34-35,37-38,41-42,67H,4-6,9,12-15,18,21-23,30,33,36,39-40,43-66H2,1-3H3/b10-7-,11-8-,19-16-,20-17-,27-24-,28-25-,29-26-,32-31-,35-34-,38-37-,42-41-. The molecule has 0 aromatic heterocycles. The molecule has 6 nitrogen and oxygen atoms in total. The molecular formula is C70H114O6.